The second-order valence-electron chi connectivity index (χ2n) is 8.51. The number of amides is 2. The lowest BCUT2D eigenvalue weighted by Crippen LogP contribution is -2.35. The molecular formula is C26H37N3O2. The number of hydrogen-bond donors (Lipinski definition) is 1. The van der Waals surface area contributed by atoms with Crippen LogP contribution in [0.15, 0.2) is 48.5 Å². The maximum atomic E-state index is 13.5. The molecule has 168 valence electrons. The van der Waals surface area contributed by atoms with Gasteiger partial charge in [-0.2, -0.15) is 0 Å². The lowest BCUT2D eigenvalue weighted by molar-refractivity contribution is -0.133. The Hall–Kier alpha value is -2.82. The van der Waals surface area contributed by atoms with Gasteiger partial charge >= 0.3 is 0 Å². The predicted molar refractivity (Wildman–Crippen MR) is 129 cm³/mol. The van der Waals surface area contributed by atoms with Crippen LogP contribution in [-0.4, -0.2) is 37.4 Å². The first-order chi connectivity index (χ1) is 14.8. The van der Waals surface area contributed by atoms with Crippen LogP contribution in [0.4, 0.5) is 11.4 Å². The van der Waals surface area contributed by atoms with E-state index >= 15 is 0 Å². The Morgan fingerprint density at radius 3 is 2.23 bits per heavy atom. The Morgan fingerprint density at radius 1 is 1.00 bits per heavy atom. The third-order valence-electron chi connectivity index (χ3n) is 5.43. The van der Waals surface area contributed by atoms with Crippen molar-refractivity contribution in [3.05, 3.63) is 59.7 Å². The van der Waals surface area contributed by atoms with Crippen molar-refractivity contribution in [1.82, 2.24) is 4.90 Å². The van der Waals surface area contributed by atoms with E-state index in [0.717, 1.165) is 35.3 Å². The van der Waals surface area contributed by atoms with Crippen molar-refractivity contribution in [2.75, 3.05) is 30.9 Å². The summed E-state index contributed by atoms with van der Waals surface area (Å²) < 4.78 is 0. The summed E-state index contributed by atoms with van der Waals surface area (Å²) in [5, 5.41) is 2.98. The highest BCUT2D eigenvalue weighted by Crippen LogP contribution is 2.28. The van der Waals surface area contributed by atoms with E-state index in [1.807, 2.05) is 86.3 Å². The third-order valence-corrected chi connectivity index (χ3v) is 5.43. The van der Waals surface area contributed by atoms with Gasteiger partial charge in [-0.15, -0.1) is 0 Å². The Morgan fingerprint density at radius 2 is 1.68 bits per heavy atom. The van der Waals surface area contributed by atoms with Crippen molar-refractivity contribution < 1.29 is 9.59 Å². The van der Waals surface area contributed by atoms with Gasteiger partial charge in [0.2, 0.25) is 11.8 Å². The van der Waals surface area contributed by atoms with Crippen LogP contribution in [-0.2, 0) is 16.1 Å². The van der Waals surface area contributed by atoms with Crippen molar-refractivity contribution in [3.8, 4) is 0 Å². The molecule has 0 aliphatic carbocycles. The van der Waals surface area contributed by atoms with Gasteiger partial charge in [0.25, 0.3) is 0 Å². The Kier molecular flexibility index (Phi) is 9.10. The van der Waals surface area contributed by atoms with E-state index in [1.54, 1.807) is 0 Å². The van der Waals surface area contributed by atoms with Crippen LogP contribution in [0.2, 0.25) is 0 Å². The molecule has 5 nitrogen and oxygen atoms in total. The van der Waals surface area contributed by atoms with E-state index < -0.39 is 0 Å². The van der Waals surface area contributed by atoms with Crippen molar-refractivity contribution in [2.24, 2.45) is 5.92 Å². The average molecular weight is 424 g/mol. The van der Waals surface area contributed by atoms with Gasteiger partial charge in [0.1, 0.15) is 0 Å². The van der Waals surface area contributed by atoms with Crippen molar-refractivity contribution in [1.29, 1.82) is 0 Å². The molecule has 2 aromatic carbocycles. The Labute approximate surface area is 187 Å². The number of nitrogens with one attached hydrogen (secondary N) is 1. The zero-order chi connectivity index (χ0) is 23.0. The molecule has 0 aliphatic rings. The summed E-state index contributed by atoms with van der Waals surface area (Å²) in [5.41, 5.74) is 3.89. The minimum atomic E-state index is -0.153. The normalized spacial score (nSPS) is 11.8. The zero-order valence-corrected chi connectivity index (χ0v) is 19.8. The molecule has 0 saturated heterocycles. The third kappa shape index (κ3) is 6.58. The van der Waals surface area contributed by atoms with Crippen LogP contribution in [0.1, 0.15) is 57.6 Å². The topological polar surface area (TPSA) is 52.7 Å². The van der Waals surface area contributed by atoms with Gasteiger partial charge in [-0.1, -0.05) is 58.0 Å². The second kappa shape index (κ2) is 11.5. The summed E-state index contributed by atoms with van der Waals surface area (Å²) in [6, 6.07) is 15.9. The lowest BCUT2D eigenvalue weighted by Gasteiger charge is -2.29. The molecule has 0 heterocycles. The maximum Gasteiger partial charge on any atom is 0.230 e. The quantitative estimate of drug-likeness (QED) is 0.566. The molecule has 0 radical (unpaired) electrons. The molecule has 2 amide bonds. The molecule has 5 heteroatoms. The van der Waals surface area contributed by atoms with Gasteiger partial charge < -0.3 is 15.1 Å². The molecule has 0 bridgehead atoms. The SMILES string of the molecule is CCCN(Cc1cc(NC(=O)C(C)C)ccc1N(C)C)C(=O)[C@@H](CC)c1ccccc1. The van der Waals surface area contributed by atoms with E-state index in [1.165, 1.54) is 0 Å². The first kappa shape index (κ1) is 24.4. The Bertz CT molecular complexity index is 862. The van der Waals surface area contributed by atoms with Crippen LogP contribution in [0.5, 0.6) is 0 Å². The van der Waals surface area contributed by atoms with E-state index in [4.69, 9.17) is 0 Å². The predicted octanol–water partition coefficient (Wildman–Crippen LogP) is 5.28. The maximum absolute atomic E-state index is 13.5. The molecule has 2 aromatic rings. The number of carbonyl (C=O) groups excluding carboxylic acids is 2. The first-order valence-corrected chi connectivity index (χ1v) is 11.2. The fraction of sp³-hybridized carbons (Fsp3) is 0.462. The fourth-order valence-corrected chi connectivity index (χ4v) is 3.71. The number of benzene rings is 2. The second-order valence-corrected chi connectivity index (χ2v) is 8.51. The lowest BCUT2D eigenvalue weighted by atomic mass is 9.94. The minimum absolute atomic E-state index is 0.0137. The van der Waals surface area contributed by atoms with Crippen molar-refractivity contribution >= 4 is 23.2 Å². The molecule has 0 fully saturated rings. The molecule has 31 heavy (non-hydrogen) atoms. The van der Waals surface area contributed by atoms with Gasteiger partial charge in [0.15, 0.2) is 0 Å². The summed E-state index contributed by atoms with van der Waals surface area (Å²) in [4.78, 5) is 29.7. The first-order valence-electron chi connectivity index (χ1n) is 11.2. The number of carbonyl (C=O) groups is 2. The largest absolute Gasteiger partial charge is 0.377 e. The number of anilines is 2. The number of rotatable bonds is 10. The zero-order valence-electron chi connectivity index (χ0n) is 19.8. The smallest absolute Gasteiger partial charge is 0.230 e. The molecule has 0 spiro atoms. The summed E-state index contributed by atoms with van der Waals surface area (Å²) in [7, 11) is 3.99. The van der Waals surface area contributed by atoms with Gasteiger partial charge in [-0.25, -0.2) is 0 Å². The standard InChI is InChI=1S/C26H37N3O2/c1-7-16-29(26(31)23(8-2)20-12-10-9-11-13-20)18-21-17-22(27-25(30)19(3)4)14-15-24(21)28(5)6/h9-15,17,19,23H,7-8,16,18H2,1-6H3,(H,27,30)/t23-/m0/s1. The van der Waals surface area contributed by atoms with Crippen LogP contribution in [0.3, 0.4) is 0 Å². The highest BCUT2D eigenvalue weighted by Gasteiger charge is 2.25. The van der Waals surface area contributed by atoms with E-state index in [0.29, 0.717) is 13.1 Å². The van der Waals surface area contributed by atoms with Gasteiger partial charge in [0.05, 0.1) is 5.92 Å². The van der Waals surface area contributed by atoms with Crippen LogP contribution >= 0.6 is 0 Å². The van der Waals surface area contributed by atoms with E-state index in [9.17, 15) is 9.59 Å². The van der Waals surface area contributed by atoms with Crippen LogP contribution < -0.4 is 10.2 Å². The minimum Gasteiger partial charge on any atom is -0.377 e. The fourth-order valence-electron chi connectivity index (χ4n) is 3.71. The van der Waals surface area contributed by atoms with Crippen LogP contribution in [0, 0.1) is 5.92 Å². The van der Waals surface area contributed by atoms with Crippen molar-refractivity contribution in [3.63, 3.8) is 0 Å². The molecule has 0 aliphatic heterocycles. The van der Waals surface area contributed by atoms with Gasteiger partial charge in [-0.3, -0.25) is 9.59 Å². The molecule has 0 unspecified atom stereocenters. The molecule has 1 atom stereocenters. The number of hydrogen-bond acceptors (Lipinski definition) is 3. The van der Waals surface area contributed by atoms with Gasteiger partial charge in [0, 0.05) is 44.5 Å². The summed E-state index contributed by atoms with van der Waals surface area (Å²) in [5.74, 6) is -0.109. The monoisotopic (exact) mass is 423 g/mol. The van der Waals surface area contributed by atoms with Crippen molar-refractivity contribution in [2.45, 2.75) is 53.0 Å². The molecular weight excluding hydrogens is 386 g/mol. The van der Waals surface area contributed by atoms with Gasteiger partial charge in [-0.05, 0) is 42.2 Å². The molecule has 0 saturated carbocycles. The highest BCUT2D eigenvalue weighted by atomic mass is 16.2. The molecule has 0 aromatic heterocycles. The highest BCUT2D eigenvalue weighted by molar-refractivity contribution is 5.92. The average Bonchev–Trinajstić information content (AvgIpc) is 2.74. The van der Waals surface area contributed by atoms with E-state index in [-0.39, 0.29) is 23.7 Å². The number of nitrogens with zero attached hydrogens (tertiary/aromatic N) is 2. The molecule has 1 N–H and O–H groups in total. The molecule has 2 rings (SSSR count). The summed E-state index contributed by atoms with van der Waals surface area (Å²) >= 11 is 0. The summed E-state index contributed by atoms with van der Waals surface area (Å²) in [6.07, 6.45) is 1.64. The van der Waals surface area contributed by atoms with E-state index in [2.05, 4.69) is 19.2 Å². The summed E-state index contributed by atoms with van der Waals surface area (Å²) in [6.45, 7) is 9.11. The van der Waals surface area contributed by atoms with Crippen LogP contribution in [0.25, 0.3) is 0 Å². The Balaban J connectivity index is 2.35.